The number of benzene rings is 2. The van der Waals surface area contributed by atoms with Gasteiger partial charge in [0.15, 0.2) is 0 Å². The number of thiophene rings is 1. The molecule has 30 heavy (non-hydrogen) atoms. The summed E-state index contributed by atoms with van der Waals surface area (Å²) in [6, 6.07) is 16.2. The zero-order valence-electron chi connectivity index (χ0n) is 16.6. The van der Waals surface area contributed by atoms with Crippen molar-refractivity contribution < 1.29 is 0 Å². The number of hydrogen-bond acceptors (Lipinski definition) is 5. The van der Waals surface area contributed by atoms with Crippen molar-refractivity contribution in [2.24, 2.45) is 0 Å². The van der Waals surface area contributed by atoms with Gasteiger partial charge >= 0.3 is 0 Å². The Morgan fingerprint density at radius 2 is 1.77 bits per heavy atom. The molecule has 0 spiro atoms. The van der Waals surface area contributed by atoms with Crippen LogP contribution in [0.25, 0.3) is 21.3 Å². The molecule has 1 aliphatic rings. The van der Waals surface area contributed by atoms with Crippen molar-refractivity contribution in [3.63, 3.8) is 0 Å². The zero-order chi connectivity index (χ0) is 20.7. The monoisotopic (exact) mass is 436 g/mol. The molecule has 4 aromatic rings. The first-order valence-electron chi connectivity index (χ1n) is 9.92. The molecule has 1 N–H and O–H groups in total. The lowest BCUT2D eigenvalue weighted by Crippen LogP contribution is -2.47. The topological polar surface area (TPSA) is 52.2 Å². The van der Waals surface area contributed by atoms with Gasteiger partial charge in [0.25, 0.3) is 5.56 Å². The first kappa shape index (κ1) is 19.2. The first-order chi connectivity index (χ1) is 14.6. The van der Waals surface area contributed by atoms with Crippen molar-refractivity contribution in [1.29, 1.82) is 0 Å². The minimum atomic E-state index is -0.0821. The van der Waals surface area contributed by atoms with E-state index in [0.29, 0.717) is 15.7 Å². The van der Waals surface area contributed by atoms with Gasteiger partial charge in [-0.2, -0.15) is 0 Å². The van der Waals surface area contributed by atoms with Gasteiger partial charge in [-0.1, -0.05) is 35.9 Å². The predicted octanol–water partition coefficient (Wildman–Crippen LogP) is 4.94. The van der Waals surface area contributed by atoms with Crippen molar-refractivity contribution in [3.05, 3.63) is 74.9 Å². The van der Waals surface area contributed by atoms with E-state index < -0.39 is 0 Å². The summed E-state index contributed by atoms with van der Waals surface area (Å²) in [5.74, 6) is 0.644. The van der Waals surface area contributed by atoms with E-state index in [1.165, 1.54) is 22.6 Å². The third-order valence-electron chi connectivity index (χ3n) is 5.52. The van der Waals surface area contributed by atoms with Crippen LogP contribution in [0.4, 0.5) is 11.6 Å². The number of halogens is 1. The van der Waals surface area contributed by atoms with Crippen LogP contribution in [0, 0.1) is 6.92 Å². The van der Waals surface area contributed by atoms with Crippen LogP contribution in [0.2, 0.25) is 5.02 Å². The van der Waals surface area contributed by atoms with Gasteiger partial charge in [-0.3, -0.25) is 9.78 Å². The minimum Gasteiger partial charge on any atom is -0.368 e. The summed E-state index contributed by atoms with van der Waals surface area (Å²) in [6.45, 7) is 5.51. The Kier molecular flexibility index (Phi) is 4.97. The molecule has 1 fully saturated rings. The van der Waals surface area contributed by atoms with Gasteiger partial charge in [-0.05, 0) is 42.3 Å². The van der Waals surface area contributed by atoms with Crippen LogP contribution in [0.1, 0.15) is 5.56 Å². The molecule has 2 aromatic carbocycles. The summed E-state index contributed by atoms with van der Waals surface area (Å²) < 4.78 is 0.655. The van der Waals surface area contributed by atoms with E-state index >= 15 is 0 Å². The highest BCUT2D eigenvalue weighted by Gasteiger charge is 2.21. The van der Waals surface area contributed by atoms with Crippen molar-refractivity contribution in [2.75, 3.05) is 36.0 Å². The number of nitrogens with one attached hydrogen (secondary N) is 1. The minimum absolute atomic E-state index is 0.0821. The quantitative estimate of drug-likeness (QED) is 0.494. The molecule has 0 radical (unpaired) electrons. The lowest BCUT2D eigenvalue weighted by Gasteiger charge is -2.36. The second-order valence-corrected chi connectivity index (χ2v) is 8.85. The summed E-state index contributed by atoms with van der Waals surface area (Å²) in [6.07, 6.45) is 0. The van der Waals surface area contributed by atoms with Crippen LogP contribution in [-0.2, 0) is 0 Å². The van der Waals surface area contributed by atoms with E-state index in [0.717, 1.165) is 42.8 Å². The number of hydrogen-bond donors (Lipinski definition) is 1. The Morgan fingerprint density at radius 3 is 2.50 bits per heavy atom. The van der Waals surface area contributed by atoms with Crippen LogP contribution in [0.15, 0.2) is 58.7 Å². The Labute approximate surface area is 183 Å². The molecule has 1 aliphatic heterocycles. The average molecular weight is 437 g/mol. The second kappa shape index (κ2) is 7.78. The Morgan fingerprint density at radius 1 is 1.03 bits per heavy atom. The van der Waals surface area contributed by atoms with Gasteiger partial charge in [0, 0.05) is 47.8 Å². The maximum Gasteiger partial charge on any atom is 0.270 e. The van der Waals surface area contributed by atoms with Crippen LogP contribution in [-0.4, -0.2) is 36.1 Å². The van der Waals surface area contributed by atoms with Gasteiger partial charge in [0.1, 0.15) is 4.70 Å². The maximum absolute atomic E-state index is 12.7. The number of fused-ring (bicyclic) bond motifs is 1. The third kappa shape index (κ3) is 3.57. The van der Waals surface area contributed by atoms with Crippen molar-refractivity contribution >= 4 is 44.8 Å². The van der Waals surface area contributed by atoms with Crippen LogP contribution in [0.5, 0.6) is 0 Å². The molecule has 3 heterocycles. The number of aromatic amines is 1. The first-order valence-corrected chi connectivity index (χ1v) is 11.2. The molecule has 0 atom stereocenters. The van der Waals surface area contributed by atoms with E-state index in [1.54, 1.807) is 0 Å². The normalized spacial score (nSPS) is 14.5. The molecule has 5 nitrogen and oxygen atoms in total. The molecule has 152 valence electrons. The summed E-state index contributed by atoms with van der Waals surface area (Å²) in [4.78, 5) is 25.1. The Balaban J connectivity index is 1.43. The van der Waals surface area contributed by atoms with Gasteiger partial charge in [-0.25, -0.2) is 4.98 Å². The van der Waals surface area contributed by atoms with Crippen molar-refractivity contribution in [3.8, 4) is 11.1 Å². The molecule has 0 bridgehead atoms. The molecule has 0 saturated carbocycles. The lowest BCUT2D eigenvalue weighted by molar-refractivity contribution is 0.640. The number of aromatic nitrogens is 2. The molecule has 0 unspecified atom stereocenters. The van der Waals surface area contributed by atoms with E-state index in [1.807, 2.05) is 29.6 Å². The smallest absolute Gasteiger partial charge is 0.270 e. The Bertz CT molecular complexity index is 1260. The van der Waals surface area contributed by atoms with E-state index in [4.69, 9.17) is 16.6 Å². The van der Waals surface area contributed by atoms with Gasteiger partial charge < -0.3 is 9.80 Å². The predicted molar refractivity (Wildman–Crippen MR) is 126 cm³/mol. The summed E-state index contributed by atoms with van der Waals surface area (Å²) in [5.41, 5.74) is 5.16. The number of piperazine rings is 1. The molecular formula is C23H21ClN4OS. The number of H-pyrrole nitrogens is 1. The van der Waals surface area contributed by atoms with E-state index in [-0.39, 0.29) is 5.56 Å². The summed E-state index contributed by atoms with van der Waals surface area (Å²) in [7, 11) is 0. The largest absolute Gasteiger partial charge is 0.368 e. The fourth-order valence-corrected chi connectivity index (χ4v) is 4.94. The standard InChI is InChI=1S/C23H21ClN4OS/c1-15-3-2-4-18(13-15)27-9-11-28(12-10-27)23-25-20-19(14-30-21(20)22(29)26-23)16-5-7-17(24)8-6-16/h2-8,13-14H,9-12H2,1H3,(H,25,26,29). The highest BCUT2D eigenvalue weighted by Crippen LogP contribution is 2.32. The van der Waals surface area contributed by atoms with Gasteiger partial charge in [-0.15, -0.1) is 11.3 Å². The zero-order valence-corrected chi connectivity index (χ0v) is 18.1. The van der Waals surface area contributed by atoms with Gasteiger partial charge in [0.05, 0.1) is 5.52 Å². The fourth-order valence-electron chi connectivity index (χ4n) is 3.90. The highest BCUT2D eigenvalue weighted by molar-refractivity contribution is 7.17. The summed E-state index contributed by atoms with van der Waals surface area (Å²) in [5, 5.41) is 2.69. The van der Waals surface area contributed by atoms with E-state index in [9.17, 15) is 4.79 Å². The lowest BCUT2D eigenvalue weighted by atomic mass is 10.1. The summed E-state index contributed by atoms with van der Waals surface area (Å²) >= 11 is 7.46. The number of anilines is 2. The van der Waals surface area contributed by atoms with Crippen molar-refractivity contribution in [2.45, 2.75) is 6.92 Å². The molecule has 7 heteroatoms. The average Bonchev–Trinajstić information content (AvgIpc) is 3.19. The molecular weight excluding hydrogens is 416 g/mol. The molecule has 5 rings (SSSR count). The highest BCUT2D eigenvalue weighted by atomic mass is 35.5. The number of nitrogens with zero attached hydrogens (tertiary/aromatic N) is 3. The maximum atomic E-state index is 12.7. The number of rotatable bonds is 3. The Hall–Kier alpha value is -2.83. The van der Waals surface area contributed by atoms with E-state index in [2.05, 4.69) is 46.0 Å². The fraction of sp³-hybridized carbons (Fsp3) is 0.217. The molecule has 0 aliphatic carbocycles. The third-order valence-corrected chi connectivity index (χ3v) is 6.74. The molecule has 2 aromatic heterocycles. The van der Waals surface area contributed by atoms with Crippen molar-refractivity contribution in [1.82, 2.24) is 9.97 Å². The number of aryl methyl sites for hydroxylation is 1. The van der Waals surface area contributed by atoms with Crippen LogP contribution < -0.4 is 15.4 Å². The molecule has 0 amide bonds. The SMILES string of the molecule is Cc1cccc(N2CCN(c3nc4c(-c5ccc(Cl)cc5)csc4c(=O)[nH]3)CC2)c1. The van der Waals surface area contributed by atoms with Crippen LogP contribution in [0.3, 0.4) is 0 Å². The van der Waals surface area contributed by atoms with Gasteiger partial charge in [0.2, 0.25) is 5.95 Å². The van der Waals surface area contributed by atoms with Crippen LogP contribution >= 0.6 is 22.9 Å². The molecule has 1 saturated heterocycles. The second-order valence-electron chi connectivity index (χ2n) is 7.54.